The summed E-state index contributed by atoms with van der Waals surface area (Å²) in [6.07, 6.45) is 0.911. The minimum Gasteiger partial charge on any atom is -0.487 e. The standard InChI is InChI=1S/C14H21NO2/c1-10(9-16)15-12-8-14(2,3)17-13-7-5-4-6-11(12)13/h4-7,10,12,15-16H,8-9H2,1-3H3/t10-,12?/m1/s1. The Balaban J connectivity index is 2.26. The van der Waals surface area contributed by atoms with E-state index in [2.05, 4.69) is 25.2 Å². The number of rotatable bonds is 3. The molecule has 0 fully saturated rings. The zero-order valence-corrected chi connectivity index (χ0v) is 10.7. The maximum atomic E-state index is 9.15. The number of ether oxygens (including phenoxy) is 1. The van der Waals surface area contributed by atoms with Crippen molar-refractivity contribution in [2.45, 2.75) is 44.9 Å². The van der Waals surface area contributed by atoms with E-state index in [-0.39, 0.29) is 24.3 Å². The molecule has 0 aromatic heterocycles. The van der Waals surface area contributed by atoms with Gasteiger partial charge in [-0.25, -0.2) is 0 Å². The van der Waals surface area contributed by atoms with Crippen LogP contribution in [0.4, 0.5) is 0 Å². The summed E-state index contributed by atoms with van der Waals surface area (Å²) in [5.74, 6) is 0.950. The van der Waals surface area contributed by atoms with Crippen LogP contribution in [0.25, 0.3) is 0 Å². The predicted octanol–water partition coefficient (Wildman–Crippen LogP) is 2.26. The molecule has 17 heavy (non-hydrogen) atoms. The Labute approximate surface area is 103 Å². The van der Waals surface area contributed by atoms with Gasteiger partial charge in [-0.15, -0.1) is 0 Å². The Morgan fingerprint density at radius 3 is 2.88 bits per heavy atom. The average Bonchev–Trinajstić information content (AvgIpc) is 2.27. The van der Waals surface area contributed by atoms with Crippen LogP contribution in [0.3, 0.4) is 0 Å². The topological polar surface area (TPSA) is 41.5 Å². The number of aliphatic hydroxyl groups is 1. The van der Waals surface area contributed by atoms with Crippen molar-refractivity contribution >= 4 is 0 Å². The third kappa shape index (κ3) is 2.79. The third-order valence-electron chi connectivity index (χ3n) is 3.14. The van der Waals surface area contributed by atoms with Crippen LogP contribution in [0.5, 0.6) is 5.75 Å². The molecule has 3 nitrogen and oxygen atoms in total. The van der Waals surface area contributed by atoms with Crippen molar-refractivity contribution in [3.05, 3.63) is 29.8 Å². The Morgan fingerprint density at radius 2 is 2.18 bits per heavy atom. The van der Waals surface area contributed by atoms with E-state index >= 15 is 0 Å². The second-order valence-electron chi connectivity index (χ2n) is 5.41. The second-order valence-corrected chi connectivity index (χ2v) is 5.41. The molecular weight excluding hydrogens is 214 g/mol. The highest BCUT2D eigenvalue weighted by Gasteiger charge is 2.33. The van der Waals surface area contributed by atoms with Gasteiger partial charge in [0.2, 0.25) is 0 Å². The van der Waals surface area contributed by atoms with Crippen LogP contribution in [0.15, 0.2) is 24.3 Å². The molecule has 0 saturated heterocycles. The summed E-state index contributed by atoms with van der Waals surface area (Å²) < 4.78 is 5.96. The van der Waals surface area contributed by atoms with Gasteiger partial charge in [0.05, 0.1) is 6.61 Å². The Bertz CT molecular complexity index is 390. The van der Waals surface area contributed by atoms with E-state index in [9.17, 15) is 0 Å². The first-order valence-electron chi connectivity index (χ1n) is 6.17. The molecule has 1 aromatic rings. The number of nitrogens with one attached hydrogen (secondary N) is 1. The molecule has 3 heteroatoms. The van der Waals surface area contributed by atoms with E-state index in [0.717, 1.165) is 12.2 Å². The van der Waals surface area contributed by atoms with Crippen molar-refractivity contribution < 1.29 is 9.84 Å². The molecule has 0 saturated carbocycles. The molecule has 1 unspecified atom stereocenters. The molecule has 0 bridgehead atoms. The molecule has 2 atom stereocenters. The first-order valence-corrected chi connectivity index (χ1v) is 6.17. The number of hydrogen-bond donors (Lipinski definition) is 2. The summed E-state index contributed by atoms with van der Waals surface area (Å²) in [6.45, 7) is 6.34. The van der Waals surface area contributed by atoms with Crippen molar-refractivity contribution in [1.82, 2.24) is 5.32 Å². The van der Waals surface area contributed by atoms with Gasteiger partial charge in [-0.3, -0.25) is 0 Å². The minimum atomic E-state index is -0.165. The highest BCUT2D eigenvalue weighted by atomic mass is 16.5. The predicted molar refractivity (Wildman–Crippen MR) is 68.2 cm³/mol. The maximum absolute atomic E-state index is 9.15. The maximum Gasteiger partial charge on any atom is 0.124 e. The minimum absolute atomic E-state index is 0.0990. The van der Waals surface area contributed by atoms with E-state index < -0.39 is 0 Å². The van der Waals surface area contributed by atoms with Crippen LogP contribution in [-0.2, 0) is 0 Å². The molecule has 1 heterocycles. The highest BCUT2D eigenvalue weighted by molar-refractivity contribution is 5.38. The summed E-state index contributed by atoms with van der Waals surface area (Å²) in [6, 6.07) is 8.46. The van der Waals surface area contributed by atoms with Crippen LogP contribution in [0.2, 0.25) is 0 Å². The van der Waals surface area contributed by atoms with Crippen molar-refractivity contribution in [1.29, 1.82) is 0 Å². The fraction of sp³-hybridized carbons (Fsp3) is 0.571. The lowest BCUT2D eigenvalue weighted by atomic mass is 9.89. The van der Waals surface area contributed by atoms with Crippen LogP contribution in [0.1, 0.15) is 38.8 Å². The zero-order valence-electron chi connectivity index (χ0n) is 10.7. The van der Waals surface area contributed by atoms with Crippen LogP contribution >= 0.6 is 0 Å². The third-order valence-corrected chi connectivity index (χ3v) is 3.14. The van der Waals surface area contributed by atoms with Crippen molar-refractivity contribution in [3.63, 3.8) is 0 Å². The SMILES string of the molecule is C[C@H](CO)NC1CC(C)(C)Oc2ccccc21. The molecule has 94 valence electrons. The quantitative estimate of drug-likeness (QED) is 0.844. The average molecular weight is 235 g/mol. The lowest BCUT2D eigenvalue weighted by molar-refractivity contribution is 0.0619. The van der Waals surface area contributed by atoms with E-state index in [0.29, 0.717) is 0 Å². The van der Waals surface area contributed by atoms with E-state index in [4.69, 9.17) is 9.84 Å². The number of para-hydroxylation sites is 1. The molecule has 0 aliphatic carbocycles. The number of hydrogen-bond acceptors (Lipinski definition) is 3. The summed E-state index contributed by atoms with van der Waals surface area (Å²) in [7, 11) is 0. The smallest absolute Gasteiger partial charge is 0.124 e. The normalized spacial score (nSPS) is 23.6. The lowest BCUT2D eigenvalue weighted by Crippen LogP contribution is -2.42. The Morgan fingerprint density at radius 1 is 1.47 bits per heavy atom. The fourth-order valence-corrected chi connectivity index (χ4v) is 2.35. The van der Waals surface area contributed by atoms with Crippen LogP contribution in [0, 0.1) is 0 Å². The summed E-state index contributed by atoms with van der Waals surface area (Å²) >= 11 is 0. The van der Waals surface area contributed by atoms with Crippen LogP contribution in [-0.4, -0.2) is 23.4 Å². The summed E-state index contributed by atoms with van der Waals surface area (Å²) in [4.78, 5) is 0. The van der Waals surface area contributed by atoms with Gasteiger partial charge in [-0.05, 0) is 26.8 Å². The number of fused-ring (bicyclic) bond motifs is 1. The molecular formula is C14H21NO2. The van der Waals surface area contributed by atoms with E-state index in [1.54, 1.807) is 0 Å². The van der Waals surface area contributed by atoms with Gasteiger partial charge >= 0.3 is 0 Å². The van der Waals surface area contributed by atoms with Crippen molar-refractivity contribution in [2.24, 2.45) is 0 Å². The molecule has 2 N–H and O–H groups in total. The van der Waals surface area contributed by atoms with Crippen molar-refractivity contribution in [2.75, 3.05) is 6.61 Å². The van der Waals surface area contributed by atoms with E-state index in [1.165, 1.54) is 5.56 Å². The highest BCUT2D eigenvalue weighted by Crippen LogP contribution is 2.39. The molecule has 1 aliphatic heterocycles. The molecule has 2 rings (SSSR count). The van der Waals surface area contributed by atoms with Gasteiger partial charge in [0.25, 0.3) is 0 Å². The van der Waals surface area contributed by atoms with Gasteiger partial charge in [-0.2, -0.15) is 0 Å². The monoisotopic (exact) mass is 235 g/mol. The van der Waals surface area contributed by atoms with Crippen molar-refractivity contribution in [3.8, 4) is 5.75 Å². The number of aliphatic hydroxyl groups excluding tert-OH is 1. The molecule has 0 radical (unpaired) electrons. The summed E-state index contributed by atoms with van der Waals surface area (Å²) in [5.41, 5.74) is 1.02. The van der Waals surface area contributed by atoms with Gasteiger partial charge in [-0.1, -0.05) is 18.2 Å². The first-order chi connectivity index (χ1) is 8.02. The number of benzene rings is 1. The molecule has 1 aromatic carbocycles. The van der Waals surface area contributed by atoms with Gasteiger partial charge in [0, 0.05) is 24.1 Å². The van der Waals surface area contributed by atoms with Gasteiger partial charge in [0.1, 0.15) is 11.4 Å². The lowest BCUT2D eigenvalue weighted by Gasteiger charge is -2.38. The zero-order chi connectivity index (χ0) is 12.5. The molecule has 0 amide bonds. The van der Waals surface area contributed by atoms with Gasteiger partial charge < -0.3 is 15.2 Å². The summed E-state index contributed by atoms with van der Waals surface area (Å²) in [5, 5.41) is 12.6. The largest absolute Gasteiger partial charge is 0.487 e. The fourth-order valence-electron chi connectivity index (χ4n) is 2.35. The Hall–Kier alpha value is -1.06. The van der Waals surface area contributed by atoms with Crippen LogP contribution < -0.4 is 10.1 Å². The second kappa shape index (κ2) is 4.67. The van der Waals surface area contributed by atoms with E-state index in [1.807, 2.05) is 25.1 Å². The molecule has 0 spiro atoms. The Kier molecular flexibility index (Phi) is 3.40. The van der Waals surface area contributed by atoms with Gasteiger partial charge in [0.15, 0.2) is 0 Å². The molecule has 1 aliphatic rings. The first kappa shape index (κ1) is 12.4.